The lowest BCUT2D eigenvalue weighted by Crippen LogP contribution is -2.38. The summed E-state index contributed by atoms with van der Waals surface area (Å²) in [5.41, 5.74) is 0.392. The number of phenols is 1. The van der Waals surface area contributed by atoms with Gasteiger partial charge in [0.25, 0.3) is 5.91 Å². The zero-order chi connectivity index (χ0) is 15.0. The summed E-state index contributed by atoms with van der Waals surface area (Å²) < 4.78 is 9.78. The zero-order valence-electron chi connectivity index (χ0n) is 11.7. The summed E-state index contributed by atoms with van der Waals surface area (Å²) in [5.74, 6) is -0.693. The minimum absolute atomic E-state index is 0.0791. The lowest BCUT2D eigenvalue weighted by atomic mass is 10.2. The molecule has 0 spiro atoms. The minimum Gasteiger partial charge on any atom is -0.508 e. The van der Waals surface area contributed by atoms with Crippen molar-refractivity contribution in [3.63, 3.8) is 0 Å². The number of phenolic OH excluding ortho intramolecular Hbond substituents is 1. The molecule has 6 heteroatoms. The number of hydrogen-bond donors (Lipinski definition) is 1. The Balaban J connectivity index is 2.77. The molecule has 0 radical (unpaired) electrons. The fraction of sp³-hybridized carbons (Fsp3) is 0.429. The summed E-state index contributed by atoms with van der Waals surface area (Å²) in [4.78, 5) is 25.1. The van der Waals surface area contributed by atoms with Crippen LogP contribution in [0, 0.1) is 0 Å². The lowest BCUT2D eigenvalue weighted by molar-refractivity contribution is -0.143. The third-order valence-electron chi connectivity index (χ3n) is 2.59. The second-order valence-corrected chi connectivity index (χ2v) is 4.07. The van der Waals surface area contributed by atoms with Crippen LogP contribution in [-0.2, 0) is 14.3 Å². The number of benzene rings is 1. The molecular weight excluding hydrogens is 262 g/mol. The lowest BCUT2D eigenvalue weighted by Gasteiger charge is -2.21. The van der Waals surface area contributed by atoms with Crippen LogP contribution in [0.1, 0.15) is 17.3 Å². The number of nitrogens with zero attached hydrogens (tertiary/aromatic N) is 1. The van der Waals surface area contributed by atoms with Gasteiger partial charge in [0.2, 0.25) is 0 Å². The Labute approximate surface area is 117 Å². The van der Waals surface area contributed by atoms with Crippen molar-refractivity contribution in [1.82, 2.24) is 4.90 Å². The van der Waals surface area contributed by atoms with Crippen LogP contribution in [0.25, 0.3) is 0 Å². The number of carbonyl (C=O) groups is 2. The van der Waals surface area contributed by atoms with Gasteiger partial charge >= 0.3 is 5.97 Å². The number of ether oxygens (including phenoxy) is 2. The molecule has 0 saturated carbocycles. The third kappa shape index (κ3) is 4.89. The maximum absolute atomic E-state index is 12.3. The van der Waals surface area contributed by atoms with Gasteiger partial charge in [0, 0.05) is 19.2 Å². The van der Waals surface area contributed by atoms with E-state index in [0.29, 0.717) is 12.2 Å². The number of carbonyl (C=O) groups excluding carboxylic acids is 2. The first-order valence-corrected chi connectivity index (χ1v) is 6.31. The van der Waals surface area contributed by atoms with Gasteiger partial charge in [-0.15, -0.1) is 0 Å². The van der Waals surface area contributed by atoms with Crippen molar-refractivity contribution < 1.29 is 24.2 Å². The largest absolute Gasteiger partial charge is 0.508 e. The SMILES string of the molecule is CCOC(=O)CN(CCOC)C(=O)c1ccc(O)cc1. The fourth-order valence-corrected chi connectivity index (χ4v) is 1.60. The van der Waals surface area contributed by atoms with Crippen molar-refractivity contribution in [2.24, 2.45) is 0 Å². The molecule has 1 N–H and O–H groups in total. The predicted octanol–water partition coefficient (Wildman–Crippen LogP) is 1.04. The van der Waals surface area contributed by atoms with Gasteiger partial charge in [0.05, 0.1) is 13.2 Å². The van der Waals surface area contributed by atoms with Gasteiger partial charge in [0.15, 0.2) is 0 Å². The average molecular weight is 281 g/mol. The Morgan fingerprint density at radius 1 is 1.25 bits per heavy atom. The highest BCUT2D eigenvalue weighted by Gasteiger charge is 2.19. The summed E-state index contributed by atoms with van der Waals surface area (Å²) in [7, 11) is 1.52. The Kier molecular flexibility index (Phi) is 6.52. The molecule has 20 heavy (non-hydrogen) atoms. The van der Waals surface area contributed by atoms with Crippen molar-refractivity contribution in [3.05, 3.63) is 29.8 Å². The summed E-state index contributed by atoms with van der Waals surface area (Å²) in [6.45, 7) is 2.46. The second-order valence-electron chi connectivity index (χ2n) is 4.07. The van der Waals surface area contributed by atoms with E-state index in [2.05, 4.69) is 0 Å². The van der Waals surface area contributed by atoms with Crippen LogP contribution in [0.15, 0.2) is 24.3 Å². The number of hydrogen-bond acceptors (Lipinski definition) is 5. The smallest absolute Gasteiger partial charge is 0.325 e. The van der Waals surface area contributed by atoms with Gasteiger partial charge in [-0.25, -0.2) is 0 Å². The van der Waals surface area contributed by atoms with Crippen molar-refractivity contribution in [3.8, 4) is 5.75 Å². The van der Waals surface area contributed by atoms with Gasteiger partial charge in [-0.2, -0.15) is 0 Å². The molecular formula is C14H19NO5. The Morgan fingerprint density at radius 2 is 1.90 bits per heavy atom. The van der Waals surface area contributed by atoms with E-state index < -0.39 is 5.97 Å². The highest BCUT2D eigenvalue weighted by atomic mass is 16.5. The van der Waals surface area contributed by atoms with E-state index in [0.717, 1.165) is 0 Å². The second kappa shape index (κ2) is 8.16. The predicted molar refractivity (Wildman–Crippen MR) is 72.5 cm³/mol. The highest BCUT2D eigenvalue weighted by Crippen LogP contribution is 2.12. The quantitative estimate of drug-likeness (QED) is 0.756. The molecule has 110 valence electrons. The van der Waals surface area contributed by atoms with E-state index >= 15 is 0 Å². The van der Waals surface area contributed by atoms with Crippen molar-refractivity contribution in [2.75, 3.05) is 33.4 Å². The van der Waals surface area contributed by atoms with Crippen molar-refractivity contribution in [1.29, 1.82) is 0 Å². The number of methoxy groups -OCH3 is 1. The maximum atomic E-state index is 12.3. The van der Waals surface area contributed by atoms with Crippen LogP contribution >= 0.6 is 0 Å². The van der Waals surface area contributed by atoms with E-state index in [9.17, 15) is 14.7 Å². The summed E-state index contributed by atoms with van der Waals surface area (Å²) >= 11 is 0. The molecule has 1 amide bonds. The minimum atomic E-state index is -0.462. The first-order valence-electron chi connectivity index (χ1n) is 6.31. The standard InChI is InChI=1S/C14H19NO5/c1-3-20-13(17)10-15(8-9-19-2)14(18)11-4-6-12(16)7-5-11/h4-7,16H,3,8-10H2,1-2H3. The molecule has 0 aliphatic rings. The van der Waals surface area contributed by atoms with Crippen LogP contribution in [0.2, 0.25) is 0 Å². The molecule has 0 atom stereocenters. The van der Waals surface area contributed by atoms with Gasteiger partial charge < -0.3 is 19.5 Å². The van der Waals surface area contributed by atoms with E-state index in [4.69, 9.17) is 9.47 Å². The maximum Gasteiger partial charge on any atom is 0.325 e. The molecule has 0 bridgehead atoms. The molecule has 1 aromatic rings. The number of rotatable bonds is 7. The number of amides is 1. The molecule has 0 heterocycles. The zero-order valence-corrected chi connectivity index (χ0v) is 11.7. The Bertz CT molecular complexity index is 443. The van der Waals surface area contributed by atoms with E-state index in [-0.39, 0.29) is 31.4 Å². The topological polar surface area (TPSA) is 76.1 Å². The van der Waals surface area contributed by atoms with Crippen LogP contribution in [-0.4, -0.2) is 55.3 Å². The van der Waals surface area contributed by atoms with Crippen LogP contribution in [0.3, 0.4) is 0 Å². The molecule has 0 aromatic heterocycles. The van der Waals surface area contributed by atoms with Crippen molar-refractivity contribution >= 4 is 11.9 Å². The Hall–Kier alpha value is -2.08. The monoisotopic (exact) mass is 281 g/mol. The molecule has 0 fully saturated rings. The molecule has 0 aliphatic heterocycles. The summed E-state index contributed by atoms with van der Waals surface area (Å²) in [6.07, 6.45) is 0. The number of esters is 1. The fourth-order valence-electron chi connectivity index (χ4n) is 1.60. The molecule has 0 aliphatic carbocycles. The van der Waals surface area contributed by atoms with Crippen LogP contribution < -0.4 is 0 Å². The normalized spacial score (nSPS) is 10.1. The van der Waals surface area contributed by atoms with Gasteiger partial charge in [-0.05, 0) is 31.2 Å². The average Bonchev–Trinajstić information content (AvgIpc) is 2.44. The van der Waals surface area contributed by atoms with Gasteiger partial charge in [-0.3, -0.25) is 9.59 Å². The van der Waals surface area contributed by atoms with E-state index in [1.54, 1.807) is 6.92 Å². The number of aromatic hydroxyl groups is 1. The molecule has 1 aromatic carbocycles. The molecule has 0 saturated heterocycles. The summed E-state index contributed by atoms with van der Waals surface area (Å²) in [6, 6.07) is 5.85. The van der Waals surface area contributed by atoms with Crippen LogP contribution in [0.4, 0.5) is 0 Å². The Morgan fingerprint density at radius 3 is 2.45 bits per heavy atom. The van der Waals surface area contributed by atoms with Crippen LogP contribution in [0.5, 0.6) is 5.75 Å². The molecule has 6 nitrogen and oxygen atoms in total. The van der Waals surface area contributed by atoms with E-state index in [1.807, 2.05) is 0 Å². The first-order chi connectivity index (χ1) is 9.58. The van der Waals surface area contributed by atoms with Crippen molar-refractivity contribution in [2.45, 2.75) is 6.92 Å². The van der Waals surface area contributed by atoms with Gasteiger partial charge in [-0.1, -0.05) is 0 Å². The summed E-state index contributed by atoms with van der Waals surface area (Å²) in [5, 5.41) is 9.21. The van der Waals surface area contributed by atoms with E-state index in [1.165, 1.54) is 36.3 Å². The highest BCUT2D eigenvalue weighted by molar-refractivity contribution is 5.96. The third-order valence-corrected chi connectivity index (χ3v) is 2.59. The molecule has 1 rings (SSSR count). The van der Waals surface area contributed by atoms with Gasteiger partial charge in [0.1, 0.15) is 12.3 Å². The first kappa shape index (κ1) is 16.0. The molecule has 0 unspecified atom stereocenters.